The first-order valence-electron chi connectivity index (χ1n) is 6.43. The number of aromatic hydroxyl groups is 3. The second-order valence-corrected chi connectivity index (χ2v) is 4.58. The largest absolute Gasteiger partial charge is 0.508 e. The predicted octanol–water partition coefficient (Wildman–Crippen LogP) is 2.63. The number of Topliss-reactive ketones (excluding diaryl/α,β-unsaturated/α-hetero) is 1. The number of ketones is 1. The monoisotopic (exact) mass is 288 g/mol. The molecule has 0 bridgehead atoms. The Morgan fingerprint density at radius 3 is 2.29 bits per heavy atom. The summed E-state index contributed by atoms with van der Waals surface area (Å²) in [5, 5.41) is 29.0. The molecule has 0 aliphatic heterocycles. The topological polar surface area (TPSA) is 87.0 Å². The van der Waals surface area contributed by atoms with Crippen LogP contribution in [-0.2, 0) is 6.42 Å². The van der Waals surface area contributed by atoms with Crippen molar-refractivity contribution in [3.05, 3.63) is 47.5 Å². The van der Waals surface area contributed by atoms with E-state index < -0.39 is 0 Å². The standard InChI is InChI=1S/C16H16O5/c1-21-16-8-5-10(9-15(16)20)12(17)7-6-11-13(18)3-2-4-14(11)19/h2-5,8-9,18-20H,6-7H2,1H3. The van der Waals surface area contributed by atoms with Gasteiger partial charge < -0.3 is 20.1 Å². The number of carbonyl (C=O) groups excluding carboxylic acids is 1. The normalized spacial score (nSPS) is 10.3. The Balaban J connectivity index is 2.10. The average molecular weight is 288 g/mol. The van der Waals surface area contributed by atoms with Gasteiger partial charge in [0.25, 0.3) is 0 Å². The quantitative estimate of drug-likeness (QED) is 0.736. The Kier molecular flexibility index (Phi) is 4.33. The van der Waals surface area contributed by atoms with E-state index in [1.165, 1.54) is 37.4 Å². The van der Waals surface area contributed by atoms with Crippen molar-refractivity contribution in [2.24, 2.45) is 0 Å². The lowest BCUT2D eigenvalue weighted by molar-refractivity contribution is 0.0982. The predicted molar refractivity (Wildman–Crippen MR) is 77.1 cm³/mol. The molecule has 0 unspecified atom stereocenters. The summed E-state index contributed by atoms with van der Waals surface area (Å²) in [4.78, 5) is 12.1. The van der Waals surface area contributed by atoms with Gasteiger partial charge in [-0.05, 0) is 36.8 Å². The lowest BCUT2D eigenvalue weighted by Crippen LogP contribution is -2.02. The maximum atomic E-state index is 12.1. The van der Waals surface area contributed by atoms with E-state index in [1.807, 2.05) is 0 Å². The second kappa shape index (κ2) is 6.17. The lowest BCUT2D eigenvalue weighted by Gasteiger charge is -2.08. The minimum atomic E-state index is -0.199. The highest BCUT2D eigenvalue weighted by molar-refractivity contribution is 5.96. The van der Waals surface area contributed by atoms with E-state index in [1.54, 1.807) is 6.07 Å². The Labute approximate surface area is 122 Å². The van der Waals surface area contributed by atoms with Crippen molar-refractivity contribution >= 4 is 5.78 Å². The molecule has 0 saturated carbocycles. The van der Waals surface area contributed by atoms with E-state index in [4.69, 9.17) is 4.74 Å². The first-order chi connectivity index (χ1) is 10.0. The van der Waals surface area contributed by atoms with Crippen LogP contribution in [0.5, 0.6) is 23.0 Å². The molecule has 0 heterocycles. The molecule has 2 rings (SSSR count). The highest BCUT2D eigenvalue weighted by Crippen LogP contribution is 2.29. The lowest BCUT2D eigenvalue weighted by atomic mass is 10.0. The Hall–Kier alpha value is -2.69. The zero-order chi connectivity index (χ0) is 15.4. The molecule has 0 aliphatic carbocycles. The van der Waals surface area contributed by atoms with Crippen molar-refractivity contribution in [3.63, 3.8) is 0 Å². The zero-order valence-electron chi connectivity index (χ0n) is 11.5. The van der Waals surface area contributed by atoms with Crippen molar-refractivity contribution in [2.45, 2.75) is 12.8 Å². The molecule has 0 spiro atoms. The molecule has 21 heavy (non-hydrogen) atoms. The van der Waals surface area contributed by atoms with Crippen molar-refractivity contribution in [3.8, 4) is 23.0 Å². The van der Waals surface area contributed by atoms with Crippen LogP contribution in [0.2, 0.25) is 0 Å². The van der Waals surface area contributed by atoms with Gasteiger partial charge in [0.05, 0.1) is 7.11 Å². The first kappa shape index (κ1) is 14.7. The fourth-order valence-electron chi connectivity index (χ4n) is 2.07. The summed E-state index contributed by atoms with van der Waals surface area (Å²) in [6.45, 7) is 0. The fraction of sp³-hybridized carbons (Fsp3) is 0.188. The van der Waals surface area contributed by atoms with Crippen LogP contribution in [0.4, 0.5) is 0 Å². The van der Waals surface area contributed by atoms with E-state index in [0.29, 0.717) is 16.9 Å². The van der Waals surface area contributed by atoms with Crippen LogP contribution in [0.3, 0.4) is 0 Å². The van der Waals surface area contributed by atoms with Crippen molar-refractivity contribution in [1.29, 1.82) is 0 Å². The van der Waals surface area contributed by atoms with Gasteiger partial charge >= 0.3 is 0 Å². The average Bonchev–Trinajstić information content (AvgIpc) is 2.46. The molecule has 2 aromatic rings. The van der Waals surface area contributed by atoms with Gasteiger partial charge in [0.1, 0.15) is 11.5 Å². The van der Waals surface area contributed by atoms with Crippen molar-refractivity contribution in [1.82, 2.24) is 0 Å². The molecule has 5 heteroatoms. The van der Waals surface area contributed by atoms with Gasteiger partial charge in [-0.2, -0.15) is 0 Å². The number of ether oxygens (including phenoxy) is 1. The molecule has 3 N–H and O–H groups in total. The van der Waals surface area contributed by atoms with Gasteiger partial charge in [-0.1, -0.05) is 6.07 Å². The molecule has 0 amide bonds. The van der Waals surface area contributed by atoms with Gasteiger partial charge in [-0.3, -0.25) is 4.79 Å². The van der Waals surface area contributed by atoms with Gasteiger partial charge in [-0.15, -0.1) is 0 Å². The fourth-order valence-corrected chi connectivity index (χ4v) is 2.07. The number of carbonyl (C=O) groups is 1. The number of benzene rings is 2. The third kappa shape index (κ3) is 3.25. The molecule has 0 aromatic heterocycles. The third-order valence-electron chi connectivity index (χ3n) is 3.23. The maximum Gasteiger partial charge on any atom is 0.163 e. The third-order valence-corrected chi connectivity index (χ3v) is 3.23. The summed E-state index contributed by atoms with van der Waals surface area (Å²) in [6, 6.07) is 8.85. The number of hydrogen-bond donors (Lipinski definition) is 3. The van der Waals surface area contributed by atoms with Crippen LogP contribution in [-0.4, -0.2) is 28.2 Å². The highest BCUT2D eigenvalue weighted by atomic mass is 16.5. The minimum absolute atomic E-state index is 0.0413. The van der Waals surface area contributed by atoms with Crippen LogP contribution >= 0.6 is 0 Å². The summed E-state index contributed by atoms with van der Waals surface area (Å²) in [7, 11) is 1.43. The second-order valence-electron chi connectivity index (χ2n) is 4.58. The summed E-state index contributed by atoms with van der Waals surface area (Å²) < 4.78 is 4.91. The van der Waals surface area contributed by atoms with Crippen LogP contribution < -0.4 is 4.74 Å². The number of phenolic OH excluding ortho intramolecular Hbond substituents is 3. The van der Waals surface area contributed by atoms with Crippen molar-refractivity contribution < 1.29 is 24.9 Å². The summed E-state index contributed by atoms with van der Waals surface area (Å²) in [6.07, 6.45) is 0.320. The Morgan fingerprint density at radius 2 is 1.71 bits per heavy atom. The van der Waals surface area contributed by atoms with Gasteiger partial charge in [0.15, 0.2) is 17.3 Å². The molecular weight excluding hydrogens is 272 g/mol. The molecule has 110 valence electrons. The maximum absolute atomic E-state index is 12.1. The number of phenols is 3. The van der Waals surface area contributed by atoms with Crippen LogP contribution in [0.15, 0.2) is 36.4 Å². The van der Waals surface area contributed by atoms with Crippen molar-refractivity contribution in [2.75, 3.05) is 7.11 Å². The van der Waals surface area contributed by atoms with Crippen LogP contribution in [0, 0.1) is 0 Å². The zero-order valence-corrected chi connectivity index (χ0v) is 11.5. The molecule has 0 radical (unpaired) electrons. The summed E-state index contributed by atoms with van der Waals surface area (Å²) in [5.74, 6) is -0.0879. The number of rotatable bonds is 5. The molecule has 0 aliphatic rings. The summed E-state index contributed by atoms with van der Waals surface area (Å²) in [5.41, 5.74) is 0.687. The summed E-state index contributed by atoms with van der Waals surface area (Å²) >= 11 is 0. The smallest absolute Gasteiger partial charge is 0.163 e. The molecule has 2 aromatic carbocycles. The van der Waals surface area contributed by atoms with Gasteiger partial charge in [-0.25, -0.2) is 0 Å². The molecule has 0 saturated heterocycles. The van der Waals surface area contributed by atoms with Gasteiger partial charge in [0, 0.05) is 17.5 Å². The molecule has 0 fully saturated rings. The Morgan fingerprint density at radius 1 is 1.05 bits per heavy atom. The van der Waals surface area contributed by atoms with E-state index in [2.05, 4.69) is 0 Å². The molecule has 0 atom stereocenters. The van der Waals surface area contributed by atoms with E-state index in [-0.39, 0.29) is 35.9 Å². The van der Waals surface area contributed by atoms with Crippen LogP contribution in [0.25, 0.3) is 0 Å². The SMILES string of the molecule is COc1ccc(C(=O)CCc2c(O)cccc2O)cc1O. The first-order valence-corrected chi connectivity index (χ1v) is 6.43. The van der Waals surface area contributed by atoms with E-state index in [0.717, 1.165) is 0 Å². The molecule has 5 nitrogen and oxygen atoms in total. The van der Waals surface area contributed by atoms with Crippen LogP contribution in [0.1, 0.15) is 22.3 Å². The Bertz CT molecular complexity index is 643. The number of hydrogen-bond acceptors (Lipinski definition) is 5. The number of methoxy groups -OCH3 is 1. The minimum Gasteiger partial charge on any atom is -0.508 e. The molecular formula is C16H16O5. The van der Waals surface area contributed by atoms with E-state index >= 15 is 0 Å². The highest BCUT2D eigenvalue weighted by Gasteiger charge is 2.13. The van der Waals surface area contributed by atoms with E-state index in [9.17, 15) is 20.1 Å². The van der Waals surface area contributed by atoms with Gasteiger partial charge in [0.2, 0.25) is 0 Å².